The van der Waals surface area contributed by atoms with Crippen LogP contribution in [0.2, 0.25) is 5.02 Å². The maximum Gasteiger partial charge on any atom is 0.303 e. The predicted octanol–water partition coefficient (Wildman–Crippen LogP) is 4.03. The van der Waals surface area contributed by atoms with E-state index in [2.05, 4.69) is 27.0 Å². The molecule has 1 saturated carbocycles. The van der Waals surface area contributed by atoms with E-state index in [-0.39, 0.29) is 18.7 Å². The number of halogens is 1. The number of aliphatic carboxylic acids is 2. The number of fused-ring (bicyclic) bond motifs is 1. The number of carboxylic acids is 2. The Kier molecular flexibility index (Phi) is 11.2. The van der Waals surface area contributed by atoms with Crippen molar-refractivity contribution in [3.8, 4) is 0 Å². The number of rotatable bonds is 8. The SMILES string of the molecule is O=C(NC1CCCCC1)c1ccc(CNc2c(Cl)ccc3c2CCNCC3)cn1.O=C(O)CCC(=O)O. The summed E-state index contributed by atoms with van der Waals surface area (Å²) in [5.74, 6) is -2.22. The lowest BCUT2D eigenvalue weighted by Gasteiger charge is -2.22. The van der Waals surface area contributed by atoms with Gasteiger partial charge in [-0.25, -0.2) is 0 Å². The van der Waals surface area contributed by atoms with E-state index in [4.69, 9.17) is 21.8 Å². The highest BCUT2D eigenvalue weighted by Crippen LogP contribution is 2.31. The van der Waals surface area contributed by atoms with E-state index in [1.165, 1.54) is 30.4 Å². The van der Waals surface area contributed by atoms with Crippen molar-refractivity contribution in [2.75, 3.05) is 18.4 Å². The van der Waals surface area contributed by atoms with Gasteiger partial charge >= 0.3 is 11.9 Å². The fourth-order valence-corrected chi connectivity index (χ4v) is 4.75. The van der Waals surface area contributed by atoms with Gasteiger partial charge in [-0.1, -0.05) is 43.0 Å². The van der Waals surface area contributed by atoms with E-state index in [0.29, 0.717) is 18.3 Å². The lowest BCUT2D eigenvalue weighted by molar-refractivity contribution is -0.143. The Morgan fingerprint density at radius 3 is 2.32 bits per heavy atom. The number of pyridine rings is 1. The van der Waals surface area contributed by atoms with Gasteiger partial charge in [-0.3, -0.25) is 19.4 Å². The first-order chi connectivity index (χ1) is 17.8. The van der Waals surface area contributed by atoms with Crippen molar-refractivity contribution in [2.45, 2.75) is 70.4 Å². The summed E-state index contributed by atoms with van der Waals surface area (Å²) in [7, 11) is 0. The molecule has 0 saturated heterocycles. The number of nitrogens with one attached hydrogen (secondary N) is 3. The fourth-order valence-electron chi connectivity index (χ4n) is 4.51. The van der Waals surface area contributed by atoms with Gasteiger partial charge in [-0.15, -0.1) is 0 Å². The van der Waals surface area contributed by atoms with Gasteiger partial charge in [0.1, 0.15) is 5.69 Å². The van der Waals surface area contributed by atoms with Gasteiger partial charge < -0.3 is 26.2 Å². The molecule has 0 atom stereocenters. The molecule has 1 aliphatic heterocycles. The zero-order valence-corrected chi connectivity index (χ0v) is 21.6. The largest absolute Gasteiger partial charge is 0.481 e. The van der Waals surface area contributed by atoms with Crippen molar-refractivity contribution in [1.82, 2.24) is 15.6 Å². The Hall–Kier alpha value is -3.17. The first-order valence-corrected chi connectivity index (χ1v) is 13.2. The number of carbonyl (C=O) groups excluding carboxylic acids is 1. The summed E-state index contributed by atoms with van der Waals surface area (Å²) in [6, 6.07) is 8.19. The van der Waals surface area contributed by atoms with Gasteiger partial charge in [-0.2, -0.15) is 0 Å². The highest BCUT2D eigenvalue weighted by molar-refractivity contribution is 6.33. The second kappa shape index (κ2) is 14.5. The molecule has 1 fully saturated rings. The van der Waals surface area contributed by atoms with E-state index in [0.717, 1.165) is 55.0 Å². The molecule has 0 bridgehead atoms. The Balaban J connectivity index is 0.000000414. The number of hydrogen-bond acceptors (Lipinski definition) is 6. The van der Waals surface area contributed by atoms with Crippen molar-refractivity contribution >= 4 is 35.1 Å². The lowest BCUT2D eigenvalue weighted by atomic mass is 9.95. The number of benzene rings is 1. The standard InChI is InChI=1S/C23H29ClN4O.C4H6O4/c24-20-8-7-17-10-12-25-13-11-19(17)22(20)27-15-16-6-9-21(26-14-16)23(29)28-18-4-2-1-3-5-18;5-3(6)1-2-4(7)8/h6-9,14,18,25,27H,1-5,10-13,15H2,(H,28,29);1-2H2,(H,5,6)(H,7,8). The summed E-state index contributed by atoms with van der Waals surface area (Å²) >= 11 is 6.49. The summed E-state index contributed by atoms with van der Waals surface area (Å²) in [6.07, 6.45) is 9.00. The average molecular weight is 531 g/mol. The summed E-state index contributed by atoms with van der Waals surface area (Å²) in [5, 5.41) is 26.6. The minimum absolute atomic E-state index is 0.0691. The topological polar surface area (TPSA) is 141 Å². The Morgan fingerprint density at radius 1 is 0.973 bits per heavy atom. The number of hydrogen-bond donors (Lipinski definition) is 5. The monoisotopic (exact) mass is 530 g/mol. The Morgan fingerprint density at radius 2 is 1.68 bits per heavy atom. The number of carbonyl (C=O) groups is 3. The molecule has 4 rings (SSSR count). The fraction of sp³-hybridized carbons (Fsp3) is 0.481. The average Bonchev–Trinajstić information content (AvgIpc) is 3.14. The number of nitrogens with zero attached hydrogens (tertiary/aromatic N) is 1. The smallest absolute Gasteiger partial charge is 0.303 e. The number of aromatic nitrogens is 1. The van der Waals surface area contributed by atoms with Crippen molar-refractivity contribution in [2.24, 2.45) is 0 Å². The molecule has 2 aliphatic rings. The molecule has 2 heterocycles. The highest BCUT2D eigenvalue weighted by Gasteiger charge is 2.18. The first-order valence-electron chi connectivity index (χ1n) is 12.8. The maximum absolute atomic E-state index is 12.4. The molecule has 1 aliphatic carbocycles. The van der Waals surface area contributed by atoms with Crippen molar-refractivity contribution in [1.29, 1.82) is 0 Å². The third-order valence-corrected chi connectivity index (χ3v) is 6.82. The van der Waals surface area contributed by atoms with Gasteiger partial charge in [-0.05, 0) is 67.6 Å². The number of anilines is 1. The van der Waals surface area contributed by atoms with Crippen LogP contribution in [-0.4, -0.2) is 52.2 Å². The molecule has 2 aromatic rings. The van der Waals surface area contributed by atoms with Crippen molar-refractivity contribution in [3.05, 3.63) is 57.9 Å². The van der Waals surface area contributed by atoms with Crippen LogP contribution in [0.3, 0.4) is 0 Å². The zero-order chi connectivity index (χ0) is 26.6. The van der Waals surface area contributed by atoms with Gasteiger partial charge in [0.05, 0.1) is 23.6 Å². The molecule has 0 spiro atoms. The van der Waals surface area contributed by atoms with Crippen LogP contribution in [0.25, 0.3) is 0 Å². The minimum atomic E-state index is -1.08. The molecule has 0 unspecified atom stereocenters. The van der Waals surface area contributed by atoms with E-state index in [1.807, 2.05) is 18.2 Å². The summed E-state index contributed by atoms with van der Waals surface area (Å²) < 4.78 is 0. The van der Waals surface area contributed by atoms with E-state index in [9.17, 15) is 14.4 Å². The zero-order valence-electron chi connectivity index (χ0n) is 20.9. The Labute approximate surface area is 222 Å². The van der Waals surface area contributed by atoms with Gasteiger partial charge in [0.25, 0.3) is 5.91 Å². The quantitative estimate of drug-likeness (QED) is 0.344. The predicted molar refractivity (Wildman–Crippen MR) is 142 cm³/mol. The second-order valence-corrected chi connectivity index (χ2v) is 9.72. The normalized spacial score (nSPS) is 15.4. The summed E-state index contributed by atoms with van der Waals surface area (Å²) in [6.45, 7) is 2.60. The number of carboxylic acid groups (broad SMARTS) is 2. The van der Waals surface area contributed by atoms with Crippen LogP contribution in [0.5, 0.6) is 0 Å². The van der Waals surface area contributed by atoms with Crippen molar-refractivity contribution < 1.29 is 24.6 Å². The van der Waals surface area contributed by atoms with Crippen LogP contribution < -0.4 is 16.0 Å². The molecule has 0 radical (unpaired) electrons. The molecular weight excluding hydrogens is 496 g/mol. The number of amides is 1. The molecule has 5 N–H and O–H groups in total. The molecular formula is C27H35ClN4O5. The minimum Gasteiger partial charge on any atom is -0.481 e. The third kappa shape index (κ3) is 9.33. The van der Waals surface area contributed by atoms with Crippen LogP contribution in [0.1, 0.15) is 72.1 Å². The molecule has 9 nitrogen and oxygen atoms in total. The highest BCUT2D eigenvalue weighted by atomic mass is 35.5. The van der Waals surface area contributed by atoms with E-state index >= 15 is 0 Å². The van der Waals surface area contributed by atoms with Crippen LogP contribution in [0.15, 0.2) is 30.5 Å². The van der Waals surface area contributed by atoms with Gasteiger partial charge in [0, 0.05) is 18.8 Å². The van der Waals surface area contributed by atoms with Crippen LogP contribution in [0, 0.1) is 0 Å². The maximum atomic E-state index is 12.4. The van der Waals surface area contributed by atoms with E-state index in [1.54, 1.807) is 6.20 Å². The summed E-state index contributed by atoms with van der Waals surface area (Å²) in [5.41, 5.74) is 5.19. The van der Waals surface area contributed by atoms with Crippen LogP contribution in [-0.2, 0) is 29.0 Å². The molecule has 10 heteroatoms. The lowest BCUT2D eigenvalue weighted by Crippen LogP contribution is -2.36. The van der Waals surface area contributed by atoms with Crippen molar-refractivity contribution in [3.63, 3.8) is 0 Å². The first kappa shape index (κ1) is 28.4. The van der Waals surface area contributed by atoms with Crippen LogP contribution >= 0.6 is 11.6 Å². The van der Waals surface area contributed by atoms with Gasteiger partial charge in [0.2, 0.25) is 0 Å². The van der Waals surface area contributed by atoms with Gasteiger partial charge in [0.15, 0.2) is 0 Å². The molecule has 1 aromatic heterocycles. The molecule has 37 heavy (non-hydrogen) atoms. The molecule has 200 valence electrons. The van der Waals surface area contributed by atoms with Crippen LogP contribution in [0.4, 0.5) is 5.69 Å². The Bertz CT molecular complexity index is 1060. The summed E-state index contributed by atoms with van der Waals surface area (Å²) in [4.78, 5) is 36.1. The second-order valence-electron chi connectivity index (χ2n) is 9.31. The molecule has 1 amide bonds. The van der Waals surface area contributed by atoms with E-state index < -0.39 is 11.9 Å². The molecule has 1 aromatic carbocycles. The third-order valence-electron chi connectivity index (χ3n) is 6.50.